The average molecular weight is 619 g/mol. The van der Waals surface area contributed by atoms with E-state index in [4.69, 9.17) is 40.2 Å². The fraction of sp³-hybridized carbons (Fsp3) is 0.481. The number of anilines is 1. The number of halogens is 5. The Morgan fingerprint density at radius 1 is 1.20 bits per heavy atom. The predicted octanol–water partition coefficient (Wildman–Crippen LogP) is 6.63. The zero-order valence-electron chi connectivity index (χ0n) is 21.7. The maximum Gasteiger partial charge on any atom is 0.403 e. The largest absolute Gasteiger partial charge is 0.403 e. The maximum absolute atomic E-state index is 13.2. The van der Waals surface area contributed by atoms with E-state index in [9.17, 15) is 28.1 Å². The monoisotopic (exact) mass is 617 g/mol. The second kappa shape index (κ2) is 12.2. The van der Waals surface area contributed by atoms with Crippen LogP contribution < -0.4 is 10.2 Å². The highest BCUT2D eigenvalue weighted by molar-refractivity contribution is 7.80. The van der Waals surface area contributed by atoms with Crippen molar-refractivity contribution in [2.45, 2.75) is 57.3 Å². The molecule has 13 heteroatoms. The third kappa shape index (κ3) is 6.53. The molecule has 0 bridgehead atoms. The first-order chi connectivity index (χ1) is 18.9. The van der Waals surface area contributed by atoms with Crippen molar-refractivity contribution < 1.29 is 27.6 Å². The highest BCUT2D eigenvalue weighted by Crippen LogP contribution is 2.57. The van der Waals surface area contributed by atoms with Gasteiger partial charge in [0, 0.05) is 54.6 Å². The molecule has 1 saturated heterocycles. The zero-order chi connectivity index (χ0) is 29.2. The summed E-state index contributed by atoms with van der Waals surface area (Å²) in [5.74, 6) is -1.04. The molecule has 216 valence electrons. The van der Waals surface area contributed by atoms with Gasteiger partial charge in [-0.3, -0.25) is 14.9 Å². The Kier molecular flexibility index (Phi) is 9.28. The number of nitrogens with zero attached hydrogens (tertiary/aromatic N) is 2. The van der Waals surface area contributed by atoms with Crippen LogP contribution in [0.5, 0.6) is 0 Å². The lowest BCUT2D eigenvalue weighted by atomic mass is 10.00. The van der Waals surface area contributed by atoms with Crippen molar-refractivity contribution in [1.29, 1.82) is 0 Å². The summed E-state index contributed by atoms with van der Waals surface area (Å²) in [5, 5.41) is 14.9. The van der Waals surface area contributed by atoms with E-state index in [2.05, 4.69) is 10.2 Å². The van der Waals surface area contributed by atoms with Crippen LogP contribution in [0.3, 0.4) is 0 Å². The summed E-state index contributed by atoms with van der Waals surface area (Å²) >= 11 is 18.4. The Hall–Kier alpha value is -2.47. The molecular weight excluding hydrogens is 590 g/mol. The first kappa shape index (κ1) is 30.5. The van der Waals surface area contributed by atoms with Gasteiger partial charge in [-0.05, 0) is 48.9 Å². The molecule has 40 heavy (non-hydrogen) atoms. The predicted molar refractivity (Wildman–Crippen MR) is 151 cm³/mol. The second-order valence-corrected chi connectivity index (χ2v) is 11.6. The molecule has 0 radical (unpaired) electrons. The summed E-state index contributed by atoms with van der Waals surface area (Å²) in [4.78, 5) is 26.1. The molecule has 7 nitrogen and oxygen atoms in total. The minimum absolute atomic E-state index is 0.0991. The van der Waals surface area contributed by atoms with Gasteiger partial charge in [0.15, 0.2) is 0 Å². The number of ether oxygens (including phenoxy) is 1. The number of nitrogens with one attached hydrogen (secondary N) is 1. The van der Waals surface area contributed by atoms with Crippen LogP contribution >= 0.6 is 35.4 Å². The number of carbonyl (C=O) groups excluding carboxylic acids is 1. The molecule has 2 aromatic carbocycles. The molecule has 1 N–H and O–H groups in total. The molecule has 0 spiro atoms. The van der Waals surface area contributed by atoms with Gasteiger partial charge in [0.25, 0.3) is 5.69 Å². The molecule has 2 fully saturated rings. The van der Waals surface area contributed by atoms with E-state index in [0.717, 1.165) is 19.4 Å². The summed E-state index contributed by atoms with van der Waals surface area (Å²) < 4.78 is 45.0. The lowest BCUT2D eigenvalue weighted by Crippen LogP contribution is -2.40. The van der Waals surface area contributed by atoms with Crippen molar-refractivity contribution in [1.82, 2.24) is 5.32 Å². The van der Waals surface area contributed by atoms with Gasteiger partial charge < -0.3 is 15.0 Å². The summed E-state index contributed by atoms with van der Waals surface area (Å²) in [6.45, 7) is 1.16. The van der Waals surface area contributed by atoms with Crippen LogP contribution in [-0.4, -0.2) is 48.2 Å². The quantitative estimate of drug-likeness (QED) is 0.173. The van der Waals surface area contributed by atoms with Gasteiger partial charge in [-0.1, -0.05) is 47.6 Å². The smallest absolute Gasteiger partial charge is 0.383 e. The van der Waals surface area contributed by atoms with Crippen molar-refractivity contribution in [2.24, 2.45) is 5.41 Å². The molecule has 1 aliphatic carbocycles. The Morgan fingerprint density at radius 3 is 2.52 bits per heavy atom. The Labute approximate surface area is 245 Å². The van der Waals surface area contributed by atoms with Crippen molar-refractivity contribution in [3.8, 4) is 0 Å². The van der Waals surface area contributed by atoms with E-state index in [-0.39, 0.29) is 49.0 Å². The van der Waals surface area contributed by atoms with E-state index >= 15 is 0 Å². The SMILES string of the molecule is COC[C@@H]1CCCN1c1cc(CC(=S)Cc2cc(CNC(=O)C3(C(F)(F)F)CC3)ccc2Cl)c([N+](=O)[O-])cc1Cl. The molecule has 1 amide bonds. The van der Waals surface area contributed by atoms with Gasteiger partial charge in [-0.2, -0.15) is 13.2 Å². The number of alkyl halides is 3. The number of rotatable bonds is 11. The van der Waals surface area contributed by atoms with Gasteiger partial charge >= 0.3 is 6.18 Å². The van der Waals surface area contributed by atoms with Crippen LogP contribution in [-0.2, 0) is 28.9 Å². The minimum atomic E-state index is -4.59. The van der Waals surface area contributed by atoms with Gasteiger partial charge in [-0.15, -0.1) is 0 Å². The Morgan fingerprint density at radius 2 is 1.90 bits per heavy atom. The number of nitro groups is 1. The number of hydrogen-bond donors (Lipinski definition) is 1. The van der Waals surface area contributed by atoms with Gasteiger partial charge in [0.2, 0.25) is 5.91 Å². The van der Waals surface area contributed by atoms with Crippen molar-refractivity contribution >= 4 is 57.6 Å². The molecule has 1 saturated carbocycles. The van der Waals surface area contributed by atoms with Crippen LogP contribution in [0, 0.1) is 15.5 Å². The van der Waals surface area contributed by atoms with E-state index in [1.807, 2.05) is 0 Å². The molecule has 1 atom stereocenters. The molecule has 1 heterocycles. The first-order valence-corrected chi connectivity index (χ1v) is 13.9. The van der Waals surface area contributed by atoms with Crippen molar-refractivity contribution in [3.63, 3.8) is 0 Å². The van der Waals surface area contributed by atoms with E-state index in [1.165, 1.54) is 6.07 Å². The molecular formula is C27H28Cl2F3N3O4S. The molecule has 4 rings (SSSR count). The summed E-state index contributed by atoms with van der Waals surface area (Å²) in [6, 6.07) is 8.04. The van der Waals surface area contributed by atoms with Crippen molar-refractivity contribution in [2.75, 3.05) is 25.2 Å². The van der Waals surface area contributed by atoms with E-state index in [0.29, 0.717) is 38.9 Å². The molecule has 0 unspecified atom stereocenters. The second-order valence-electron chi connectivity index (χ2n) is 10.2. The normalized spacial score (nSPS) is 18.1. The van der Waals surface area contributed by atoms with Crippen LogP contribution in [0.2, 0.25) is 10.0 Å². The van der Waals surface area contributed by atoms with Crippen LogP contribution in [0.1, 0.15) is 42.4 Å². The third-order valence-corrected chi connectivity index (χ3v) is 8.42. The minimum Gasteiger partial charge on any atom is -0.383 e. The first-order valence-electron chi connectivity index (χ1n) is 12.7. The average Bonchev–Trinajstić information content (AvgIpc) is 3.59. The number of thiocarbonyl (C=S) groups is 1. The fourth-order valence-corrected chi connectivity index (χ4v) is 5.88. The third-order valence-electron chi connectivity index (χ3n) is 7.46. The van der Waals surface area contributed by atoms with Gasteiger partial charge in [0.05, 0.1) is 28.3 Å². The van der Waals surface area contributed by atoms with E-state index < -0.39 is 22.4 Å². The van der Waals surface area contributed by atoms with Crippen LogP contribution in [0.25, 0.3) is 0 Å². The number of hydrogen-bond acceptors (Lipinski definition) is 6. The standard InChI is InChI=1S/C27H28Cl2F3N3O4S/c1-39-15-19-3-2-8-34(19)24-12-18(23(35(37)38)13-22(24)29)11-20(40)10-17-9-16(4-5-21(17)28)14-33-25(36)26(6-7-26)27(30,31)32/h4-5,9,12-13,19H,2-3,6-8,10-11,14-15H2,1H3,(H,33,36)/t19-/m0/s1. The lowest BCUT2D eigenvalue weighted by molar-refractivity contribution is -0.385. The Bertz CT molecular complexity index is 1320. The highest BCUT2D eigenvalue weighted by atomic mass is 35.5. The molecule has 1 aliphatic heterocycles. The number of methoxy groups -OCH3 is 1. The summed E-state index contributed by atoms with van der Waals surface area (Å²) in [7, 11) is 1.62. The molecule has 2 aliphatic rings. The number of nitro benzene ring substituents is 1. The molecule has 0 aromatic heterocycles. The van der Waals surface area contributed by atoms with E-state index in [1.54, 1.807) is 31.4 Å². The Balaban J connectivity index is 1.48. The van der Waals surface area contributed by atoms with Gasteiger partial charge in [-0.25, -0.2) is 0 Å². The summed E-state index contributed by atoms with van der Waals surface area (Å²) in [6.07, 6.45) is -2.84. The number of carbonyl (C=O) groups is 1. The molecule has 2 aromatic rings. The number of amides is 1. The highest BCUT2D eigenvalue weighted by Gasteiger charge is 2.68. The van der Waals surface area contributed by atoms with Crippen LogP contribution in [0.4, 0.5) is 24.5 Å². The maximum atomic E-state index is 13.2. The fourth-order valence-electron chi connectivity index (χ4n) is 5.12. The number of benzene rings is 2. The van der Waals surface area contributed by atoms with Crippen molar-refractivity contribution in [3.05, 3.63) is 67.2 Å². The zero-order valence-corrected chi connectivity index (χ0v) is 24.0. The van der Waals surface area contributed by atoms with Gasteiger partial charge in [0.1, 0.15) is 5.41 Å². The topological polar surface area (TPSA) is 84.7 Å². The lowest BCUT2D eigenvalue weighted by Gasteiger charge is -2.27. The van der Waals surface area contributed by atoms with Crippen LogP contribution in [0.15, 0.2) is 30.3 Å². The summed E-state index contributed by atoms with van der Waals surface area (Å²) in [5.41, 5.74) is -0.168.